The van der Waals surface area contributed by atoms with Gasteiger partial charge in [0.15, 0.2) is 0 Å². The van der Waals surface area contributed by atoms with Crippen LogP contribution in [-0.2, 0) is 0 Å². The fraction of sp³-hybridized carbons (Fsp3) is 0.667. The maximum atomic E-state index is 4.46. The molecular weight excluding hydrogens is 186 g/mol. The molecule has 0 aromatic carbocycles. The van der Waals surface area contributed by atoms with Crippen LogP contribution in [0.15, 0.2) is 6.20 Å². The molecule has 0 fully saturated rings. The summed E-state index contributed by atoms with van der Waals surface area (Å²) >= 11 is 0. The summed E-state index contributed by atoms with van der Waals surface area (Å²) in [6.45, 7) is 10.6. The average Bonchev–Trinajstić information content (AvgIpc) is 2.22. The highest BCUT2D eigenvalue weighted by molar-refractivity contribution is 5.40. The van der Waals surface area contributed by atoms with Gasteiger partial charge < -0.3 is 5.32 Å². The van der Waals surface area contributed by atoms with E-state index in [0.29, 0.717) is 12.0 Å². The second-order valence-corrected chi connectivity index (χ2v) is 4.26. The summed E-state index contributed by atoms with van der Waals surface area (Å²) in [5, 5.41) is 3.43. The Balaban J connectivity index is 2.75. The van der Waals surface area contributed by atoms with E-state index in [1.54, 1.807) is 6.20 Å². The predicted molar refractivity (Wildman–Crippen MR) is 64.0 cm³/mol. The Hall–Kier alpha value is -1.12. The van der Waals surface area contributed by atoms with E-state index < -0.39 is 0 Å². The monoisotopic (exact) mass is 207 g/mol. The van der Waals surface area contributed by atoms with Gasteiger partial charge in [-0.3, -0.25) is 4.98 Å². The molecule has 1 aromatic heterocycles. The smallest absolute Gasteiger partial charge is 0.147 e. The van der Waals surface area contributed by atoms with E-state index in [2.05, 4.69) is 36.1 Å². The number of nitrogens with one attached hydrogen (secondary N) is 1. The highest BCUT2D eigenvalue weighted by Crippen LogP contribution is 2.15. The van der Waals surface area contributed by atoms with Crippen LogP contribution in [0.5, 0.6) is 0 Å². The number of nitrogens with zero attached hydrogens (tertiary/aromatic N) is 2. The minimum atomic E-state index is 0.435. The first-order valence-corrected chi connectivity index (χ1v) is 5.61. The fourth-order valence-corrected chi connectivity index (χ4v) is 1.39. The lowest BCUT2D eigenvalue weighted by atomic mass is 10.0. The number of anilines is 1. The molecule has 0 aliphatic rings. The van der Waals surface area contributed by atoms with Crippen LogP contribution in [0.2, 0.25) is 0 Å². The zero-order valence-electron chi connectivity index (χ0n) is 10.3. The Bertz CT molecular complexity index is 323. The van der Waals surface area contributed by atoms with Crippen molar-refractivity contribution in [2.75, 3.05) is 5.32 Å². The maximum absolute atomic E-state index is 4.46. The Morgan fingerprint density at radius 2 is 2.00 bits per heavy atom. The number of hydrogen-bond acceptors (Lipinski definition) is 3. The van der Waals surface area contributed by atoms with Crippen molar-refractivity contribution in [3.8, 4) is 0 Å². The molecule has 0 aliphatic heterocycles. The van der Waals surface area contributed by atoms with E-state index in [1.165, 1.54) is 6.42 Å². The molecule has 84 valence electrons. The maximum Gasteiger partial charge on any atom is 0.147 e. The summed E-state index contributed by atoms with van der Waals surface area (Å²) in [6.07, 6.45) is 2.97. The molecule has 1 aromatic rings. The largest absolute Gasteiger partial charge is 0.366 e. The van der Waals surface area contributed by atoms with Crippen molar-refractivity contribution < 1.29 is 0 Å². The molecule has 0 radical (unpaired) electrons. The fourth-order valence-electron chi connectivity index (χ4n) is 1.39. The zero-order valence-corrected chi connectivity index (χ0v) is 10.3. The normalized spacial score (nSPS) is 14.7. The zero-order chi connectivity index (χ0) is 11.4. The molecule has 0 saturated heterocycles. The third-order valence-electron chi connectivity index (χ3n) is 2.94. The highest BCUT2D eigenvalue weighted by atomic mass is 15.0. The first kappa shape index (κ1) is 12.0. The summed E-state index contributed by atoms with van der Waals surface area (Å²) < 4.78 is 0. The SMILES string of the molecule is CCC(C)C(C)Nc1nc(C)cnc1C. The van der Waals surface area contributed by atoms with Gasteiger partial charge in [-0.25, -0.2) is 4.98 Å². The van der Waals surface area contributed by atoms with E-state index in [4.69, 9.17) is 0 Å². The molecule has 3 heteroatoms. The molecule has 1 heterocycles. The van der Waals surface area contributed by atoms with Gasteiger partial charge in [0.05, 0.1) is 11.4 Å². The summed E-state index contributed by atoms with van der Waals surface area (Å²) in [5.74, 6) is 1.56. The Kier molecular flexibility index (Phi) is 4.06. The van der Waals surface area contributed by atoms with Gasteiger partial charge in [0, 0.05) is 12.2 Å². The molecule has 1 N–H and O–H groups in total. The van der Waals surface area contributed by atoms with Gasteiger partial charge in [0.25, 0.3) is 0 Å². The van der Waals surface area contributed by atoms with Crippen LogP contribution in [0.1, 0.15) is 38.6 Å². The Morgan fingerprint density at radius 1 is 1.33 bits per heavy atom. The molecule has 0 aliphatic carbocycles. The van der Waals surface area contributed by atoms with Gasteiger partial charge in [-0.15, -0.1) is 0 Å². The predicted octanol–water partition coefficient (Wildman–Crippen LogP) is 2.94. The summed E-state index contributed by atoms with van der Waals surface area (Å²) in [7, 11) is 0. The number of rotatable bonds is 4. The van der Waals surface area contributed by atoms with Crippen LogP contribution in [-0.4, -0.2) is 16.0 Å². The standard InChI is InChI=1S/C12H21N3/c1-6-8(2)10(4)15-12-11(5)13-7-9(3)14-12/h7-8,10H,6H2,1-5H3,(H,14,15). The second-order valence-electron chi connectivity index (χ2n) is 4.26. The van der Waals surface area contributed by atoms with E-state index in [0.717, 1.165) is 17.2 Å². The number of aromatic nitrogens is 2. The van der Waals surface area contributed by atoms with Crippen LogP contribution >= 0.6 is 0 Å². The van der Waals surface area contributed by atoms with Crippen molar-refractivity contribution in [2.24, 2.45) is 5.92 Å². The molecule has 15 heavy (non-hydrogen) atoms. The molecule has 2 unspecified atom stereocenters. The topological polar surface area (TPSA) is 37.8 Å². The van der Waals surface area contributed by atoms with Crippen molar-refractivity contribution in [3.63, 3.8) is 0 Å². The van der Waals surface area contributed by atoms with Gasteiger partial charge >= 0.3 is 0 Å². The van der Waals surface area contributed by atoms with Crippen LogP contribution in [0.3, 0.4) is 0 Å². The summed E-state index contributed by atoms with van der Waals surface area (Å²) in [6, 6.07) is 0.435. The molecule has 0 spiro atoms. The van der Waals surface area contributed by atoms with Crippen molar-refractivity contribution in [3.05, 3.63) is 17.6 Å². The lowest BCUT2D eigenvalue weighted by Gasteiger charge is -2.21. The average molecular weight is 207 g/mol. The lowest BCUT2D eigenvalue weighted by molar-refractivity contribution is 0.493. The number of hydrogen-bond donors (Lipinski definition) is 1. The van der Waals surface area contributed by atoms with E-state index in [-0.39, 0.29) is 0 Å². The first-order chi connectivity index (χ1) is 7.04. The third-order valence-corrected chi connectivity index (χ3v) is 2.94. The van der Waals surface area contributed by atoms with E-state index >= 15 is 0 Å². The second kappa shape index (κ2) is 5.10. The number of aryl methyl sites for hydroxylation is 2. The van der Waals surface area contributed by atoms with Crippen LogP contribution < -0.4 is 5.32 Å². The molecule has 3 nitrogen and oxygen atoms in total. The van der Waals surface area contributed by atoms with Gasteiger partial charge in [0.2, 0.25) is 0 Å². The van der Waals surface area contributed by atoms with Gasteiger partial charge in [-0.1, -0.05) is 20.3 Å². The molecule has 0 bridgehead atoms. The first-order valence-electron chi connectivity index (χ1n) is 5.61. The van der Waals surface area contributed by atoms with Crippen molar-refractivity contribution in [1.82, 2.24) is 9.97 Å². The van der Waals surface area contributed by atoms with Gasteiger partial charge in [0.1, 0.15) is 5.82 Å². The van der Waals surface area contributed by atoms with Crippen LogP contribution in [0.25, 0.3) is 0 Å². The Morgan fingerprint density at radius 3 is 2.60 bits per heavy atom. The third kappa shape index (κ3) is 3.18. The highest BCUT2D eigenvalue weighted by Gasteiger charge is 2.11. The molecular formula is C12H21N3. The molecule has 0 amide bonds. The van der Waals surface area contributed by atoms with Crippen LogP contribution in [0, 0.1) is 19.8 Å². The molecule has 1 rings (SSSR count). The van der Waals surface area contributed by atoms with Gasteiger partial charge in [-0.2, -0.15) is 0 Å². The molecule has 0 saturated carbocycles. The van der Waals surface area contributed by atoms with Crippen molar-refractivity contribution in [2.45, 2.75) is 47.1 Å². The quantitative estimate of drug-likeness (QED) is 0.825. The van der Waals surface area contributed by atoms with E-state index in [9.17, 15) is 0 Å². The minimum absolute atomic E-state index is 0.435. The summed E-state index contributed by atoms with van der Waals surface area (Å²) in [5.41, 5.74) is 1.93. The van der Waals surface area contributed by atoms with E-state index in [1.807, 2.05) is 13.8 Å². The van der Waals surface area contributed by atoms with Crippen LogP contribution in [0.4, 0.5) is 5.82 Å². The molecule has 2 atom stereocenters. The lowest BCUT2D eigenvalue weighted by Crippen LogP contribution is -2.24. The summed E-state index contributed by atoms with van der Waals surface area (Å²) in [4.78, 5) is 8.75. The van der Waals surface area contributed by atoms with Gasteiger partial charge in [-0.05, 0) is 26.7 Å². The van der Waals surface area contributed by atoms with Crippen molar-refractivity contribution >= 4 is 5.82 Å². The Labute approximate surface area is 92.3 Å². The van der Waals surface area contributed by atoms with Crippen molar-refractivity contribution in [1.29, 1.82) is 0 Å². The minimum Gasteiger partial charge on any atom is -0.366 e.